The summed E-state index contributed by atoms with van der Waals surface area (Å²) in [7, 11) is 0. The van der Waals surface area contributed by atoms with E-state index in [1.165, 1.54) is 12.1 Å². The molecular weight excluding hydrogens is 267 g/mol. The number of rotatable bonds is 4. The van der Waals surface area contributed by atoms with E-state index in [2.05, 4.69) is 31.1 Å². The zero-order chi connectivity index (χ0) is 15.5. The molecule has 0 aliphatic carbocycles. The largest absolute Gasteiger partial charge is 0.439 e. The Morgan fingerprint density at radius 1 is 1.19 bits per heavy atom. The van der Waals surface area contributed by atoms with Crippen LogP contribution in [0.4, 0.5) is 4.39 Å². The molecule has 0 amide bonds. The summed E-state index contributed by atoms with van der Waals surface area (Å²) in [5.74, 6) is 0.593. The van der Waals surface area contributed by atoms with E-state index in [-0.39, 0.29) is 11.4 Å². The molecule has 0 saturated carbocycles. The zero-order valence-corrected chi connectivity index (χ0v) is 12.9. The van der Waals surface area contributed by atoms with Crippen LogP contribution in [0.15, 0.2) is 36.4 Å². The van der Waals surface area contributed by atoms with Crippen LogP contribution in [0, 0.1) is 12.7 Å². The summed E-state index contributed by atoms with van der Waals surface area (Å²) in [5.41, 5.74) is 2.08. The molecule has 4 heteroatoms. The van der Waals surface area contributed by atoms with Crippen LogP contribution in [0.25, 0.3) is 0 Å². The fourth-order valence-corrected chi connectivity index (χ4v) is 1.82. The molecule has 0 aliphatic heterocycles. The van der Waals surface area contributed by atoms with E-state index >= 15 is 0 Å². The van der Waals surface area contributed by atoms with Gasteiger partial charge in [-0.1, -0.05) is 12.1 Å². The van der Waals surface area contributed by atoms with E-state index in [1.807, 2.05) is 13.0 Å². The number of pyridine rings is 1. The molecule has 0 unspecified atom stereocenters. The first-order valence-electron chi connectivity index (χ1n) is 6.98. The smallest absolute Gasteiger partial charge is 0.219 e. The topological polar surface area (TPSA) is 34.1 Å². The highest BCUT2D eigenvalue weighted by atomic mass is 19.1. The average molecular weight is 288 g/mol. The van der Waals surface area contributed by atoms with Crippen LogP contribution < -0.4 is 10.1 Å². The van der Waals surface area contributed by atoms with Crippen LogP contribution in [0.3, 0.4) is 0 Å². The Kier molecular flexibility index (Phi) is 4.58. The second-order valence-electron chi connectivity index (χ2n) is 6.06. The second kappa shape index (κ2) is 6.22. The molecule has 112 valence electrons. The summed E-state index contributed by atoms with van der Waals surface area (Å²) in [4.78, 5) is 4.41. The Morgan fingerprint density at radius 2 is 1.95 bits per heavy atom. The van der Waals surface area contributed by atoms with Gasteiger partial charge in [0.1, 0.15) is 11.6 Å². The van der Waals surface area contributed by atoms with Crippen molar-refractivity contribution < 1.29 is 9.13 Å². The summed E-state index contributed by atoms with van der Waals surface area (Å²) in [6, 6.07) is 9.82. The third-order valence-corrected chi connectivity index (χ3v) is 3.00. The van der Waals surface area contributed by atoms with Gasteiger partial charge in [-0.3, -0.25) is 0 Å². The molecule has 1 N–H and O–H groups in total. The Morgan fingerprint density at radius 3 is 2.57 bits per heavy atom. The van der Waals surface area contributed by atoms with Gasteiger partial charge in [-0.2, -0.15) is 0 Å². The minimum absolute atomic E-state index is 0.0587. The molecule has 2 rings (SSSR count). The number of ether oxygens (including phenoxy) is 1. The monoisotopic (exact) mass is 288 g/mol. The third kappa shape index (κ3) is 4.83. The second-order valence-corrected chi connectivity index (χ2v) is 6.06. The number of aryl methyl sites for hydroxylation is 1. The fourth-order valence-electron chi connectivity index (χ4n) is 1.82. The molecule has 3 nitrogen and oxygen atoms in total. The Bertz CT molecular complexity index is 620. The molecular formula is C17H21FN2O. The first kappa shape index (κ1) is 15.4. The molecule has 2 aromatic rings. The summed E-state index contributed by atoms with van der Waals surface area (Å²) in [5, 5.41) is 3.43. The highest BCUT2D eigenvalue weighted by Crippen LogP contribution is 2.21. The van der Waals surface area contributed by atoms with Gasteiger partial charge in [-0.05, 0) is 45.4 Å². The number of hydrogen-bond donors (Lipinski definition) is 1. The van der Waals surface area contributed by atoms with Crippen molar-refractivity contribution in [3.8, 4) is 11.6 Å². The van der Waals surface area contributed by atoms with Crippen LogP contribution in [0.2, 0.25) is 0 Å². The number of aromatic nitrogens is 1. The summed E-state index contributed by atoms with van der Waals surface area (Å²) in [6.07, 6.45) is 0. The van der Waals surface area contributed by atoms with Crippen molar-refractivity contribution in [1.82, 2.24) is 10.3 Å². The van der Waals surface area contributed by atoms with Crippen LogP contribution in [-0.4, -0.2) is 10.5 Å². The number of hydrogen-bond acceptors (Lipinski definition) is 3. The van der Waals surface area contributed by atoms with Gasteiger partial charge in [0.25, 0.3) is 0 Å². The molecule has 1 heterocycles. The normalized spacial score (nSPS) is 11.5. The van der Waals surface area contributed by atoms with Crippen molar-refractivity contribution in [2.45, 2.75) is 39.8 Å². The summed E-state index contributed by atoms with van der Waals surface area (Å²) >= 11 is 0. The Labute approximate surface area is 125 Å². The van der Waals surface area contributed by atoms with E-state index in [1.54, 1.807) is 18.2 Å². The van der Waals surface area contributed by atoms with Crippen LogP contribution in [0.5, 0.6) is 11.6 Å². The summed E-state index contributed by atoms with van der Waals surface area (Å²) in [6.45, 7) is 9.06. The van der Waals surface area contributed by atoms with Crippen molar-refractivity contribution >= 4 is 0 Å². The van der Waals surface area contributed by atoms with E-state index in [9.17, 15) is 4.39 Å². The third-order valence-electron chi connectivity index (χ3n) is 3.00. The van der Waals surface area contributed by atoms with E-state index in [0.29, 0.717) is 11.6 Å². The lowest BCUT2D eigenvalue weighted by molar-refractivity contribution is 0.422. The molecule has 21 heavy (non-hydrogen) atoms. The highest BCUT2D eigenvalue weighted by molar-refractivity contribution is 5.30. The maximum atomic E-state index is 13.1. The highest BCUT2D eigenvalue weighted by Gasteiger charge is 2.10. The molecule has 1 aromatic heterocycles. The van der Waals surface area contributed by atoms with E-state index in [0.717, 1.165) is 17.8 Å². The van der Waals surface area contributed by atoms with Gasteiger partial charge >= 0.3 is 0 Å². The lowest BCUT2D eigenvalue weighted by Gasteiger charge is -2.21. The Hall–Kier alpha value is -1.94. The standard InChI is InChI=1S/C17H21FN2O/c1-12-13(11-19-17(2,3)4)8-9-16(20-12)21-15-7-5-6-14(18)10-15/h5-10,19H,11H2,1-4H3. The SMILES string of the molecule is Cc1nc(Oc2cccc(F)c2)ccc1CNC(C)(C)C. The lowest BCUT2D eigenvalue weighted by atomic mass is 10.1. The zero-order valence-electron chi connectivity index (χ0n) is 12.9. The molecule has 0 aliphatic rings. The fraction of sp³-hybridized carbons (Fsp3) is 0.353. The number of halogens is 1. The number of nitrogens with zero attached hydrogens (tertiary/aromatic N) is 1. The predicted octanol–water partition coefficient (Wildman–Crippen LogP) is 4.21. The summed E-state index contributed by atoms with van der Waals surface area (Å²) < 4.78 is 18.7. The molecule has 0 saturated heterocycles. The van der Waals surface area contributed by atoms with Gasteiger partial charge in [-0.25, -0.2) is 9.37 Å². The van der Waals surface area contributed by atoms with E-state index in [4.69, 9.17) is 4.74 Å². The van der Waals surface area contributed by atoms with Crippen LogP contribution in [-0.2, 0) is 6.54 Å². The number of benzene rings is 1. The van der Waals surface area contributed by atoms with Crippen molar-refractivity contribution in [2.75, 3.05) is 0 Å². The molecule has 0 radical (unpaired) electrons. The molecule has 0 spiro atoms. The van der Waals surface area contributed by atoms with Gasteiger partial charge in [0.15, 0.2) is 0 Å². The van der Waals surface area contributed by atoms with Gasteiger partial charge in [0.2, 0.25) is 5.88 Å². The maximum absolute atomic E-state index is 13.1. The maximum Gasteiger partial charge on any atom is 0.219 e. The molecule has 0 bridgehead atoms. The lowest BCUT2D eigenvalue weighted by Crippen LogP contribution is -2.35. The van der Waals surface area contributed by atoms with Crippen molar-refractivity contribution in [1.29, 1.82) is 0 Å². The molecule has 0 fully saturated rings. The van der Waals surface area contributed by atoms with Crippen molar-refractivity contribution in [2.24, 2.45) is 0 Å². The average Bonchev–Trinajstić information content (AvgIpc) is 2.36. The van der Waals surface area contributed by atoms with Gasteiger partial charge in [0, 0.05) is 29.9 Å². The minimum Gasteiger partial charge on any atom is -0.439 e. The molecule has 1 aromatic carbocycles. The van der Waals surface area contributed by atoms with Crippen molar-refractivity contribution in [3.05, 3.63) is 53.5 Å². The van der Waals surface area contributed by atoms with Crippen LogP contribution in [0.1, 0.15) is 32.0 Å². The Balaban J connectivity index is 2.08. The van der Waals surface area contributed by atoms with Gasteiger partial charge in [-0.15, -0.1) is 0 Å². The van der Waals surface area contributed by atoms with Gasteiger partial charge < -0.3 is 10.1 Å². The predicted molar refractivity (Wildman–Crippen MR) is 82.0 cm³/mol. The first-order valence-corrected chi connectivity index (χ1v) is 6.98. The minimum atomic E-state index is -0.324. The van der Waals surface area contributed by atoms with E-state index < -0.39 is 0 Å². The van der Waals surface area contributed by atoms with Crippen LogP contribution >= 0.6 is 0 Å². The first-order chi connectivity index (χ1) is 9.83. The van der Waals surface area contributed by atoms with Gasteiger partial charge in [0.05, 0.1) is 0 Å². The number of nitrogens with one attached hydrogen (secondary N) is 1. The van der Waals surface area contributed by atoms with Crippen molar-refractivity contribution in [3.63, 3.8) is 0 Å². The quantitative estimate of drug-likeness (QED) is 0.915. The molecule has 0 atom stereocenters.